The SMILES string of the molecule is O=C(c1cccc(Cl)c1Cl)N1CCN(S(=O)(=O)N2CCCCCC2)CC1. The number of piperazine rings is 1. The normalized spacial score (nSPS) is 20.8. The zero-order valence-electron chi connectivity index (χ0n) is 14.5. The van der Waals surface area contributed by atoms with Crippen molar-refractivity contribution in [1.82, 2.24) is 13.5 Å². The van der Waals surface area contributed by atoms with Crippen LogP contribution in [0.15, 0.2) is 18.2 Å². The van der Waals surface area contributed by atoms with Gasteiger partial charge < -0.3 is 4.90 Å². The minimum absolute atomic E-state index is 0.218. The first kappa shape index (κ1) is 19.9. The average Bonchev–Trinajstić information content (AvgIpc) is 2.93. The number of carbonyl (C=O) groups excluding carboxylic acids is 1. The van der Waals surface area contributed by atoms with Crippen LogP contribution in [0.25, 0.3) is 0 Å². The zero-order valence-corrected chi connectivity index (χ0v) is 16.9. The van der Waals surface area contributed by atoms with Gasteiger partial charge in [-0.3, -0.25) is 4.79 Å². The smallest absolute Gasteiger partial charge is 0.282 e. The number of hydrogen-bond acceptors (Lipinski definition) is 3. The van der Waals surface area contributed by atoms with Crippen molar-refractivity contribution in [2.45, 2.75) is 25.7 Å². The van der Waals surface area contributed by atoms with Gasteiger partial charge in [0.2, 0.25) is 0 Å². The maximum Gasteiger partial charge on any atom is 0.282 e. The number of rotatable bonds is 3. The lowest BCUT2D eigenvalue weighted by Crippen LogP contribution is -2.54. The van der Waals surface area contributed by atoms with E-state index in [2.05, 4.69) is 0 Å². The summed E-state index contributed by atoms with van der Waals surface area (Å²) in [6, 6.07) is 4.95. The summed E-state index contributed by atoms with van der Waals surface area (Å²) < 4.78 is 28.8. The van der Waals surface area contributed by atoms with Crippen molar-refractivity contribution < 1.29 is 13.2 Å². The predicted molar refractivity (Wildman–Crippen MR) is 103 cm³/mol. The Kier molecular flexibility index (Phi) is 6.45. The van der Waals surface area contributed by atoms with Crippen LogP contribution in [0.3, 0.4) is 0 Å². The average molecular weight is 420 g/mol. The molecule has 2 saturated heterocycles. The molecular formula is C17H23Cl2N3O3S. The van der Waals surface area contributed by atoms with Gasteiger partial charge >= 0.3 is 0 Å². The molecule has 2 fully saturated rings. The predicted octanol–water partition coefficient (Wildman–Crippen LogP) is 2.87. The van der Waals surface area contributed by atoms with Gasteiger partial charge in [-0.1, -0.05) is 42.1 Å². The van der Waals surface area contributed by atoms with Crippen LogP contribution < -0.4 is 0 Å². The Balaban J connectivity index is 1.65. The van der Waals surface area contributed by atoms with Crippen LogP contribution in [0.5, 0.6) is 0 Å². The third-order valence-electron chi connectivity index (χ3n) is 4.93. The van der Waals surface area contributed by atoms with Gasteiger partial charge in [0, 0.05) is 39.3 Å². The molecule has 2 heterocycles. The molecule has 1 aromatic carbocycles. The van der Waals surface area contributed by atoms with Gasteiger partial charge in [-0.05, 0) is 25.0 Å². The first-order chi connectivity index (χ1) is 12.4. The molecule has 0 unspecified atom stereocenters. The van der Waals surface area contributed by atoms with Crippen molar-refractivity contribution in [2.75, 3.05) is 39.3 Å². The van der Waals surface area contributed by atoms with Gasteiger partial charge in [-0.25, -0.2) is 0 Å². The Labute approximate surface area is 164 Å². The molecule has 0 aromatic heterocycles. The topological polar surface area (TPSA) is 60.9 Å². The zero-order chi connectivity index (χ0) is 18.7. The van der Waals surface area contributed by atoms with E-state index in [0.29, 0.717) is 49.9 Å². The molecular weight excluding hydrogens is 397 g/mol. The fourth-order valence-electron chi connectivity index (χ4n) is 3.40. The van der Waals surface area contributed by atoms with E-state index < -0.39 is 10.2 Å². The van der Waals surface area contributed by atoms with Crippen LogP contribution >= 0.6 is 23.2 Å². The Bertz CT molecular complexity index is 757. The van der Waals surface area contributed by atoms with Crippen molar-refractivity contribution in [3.63, 3.8) is 0 Å². The molecule has 2 aliphatic heterocycles. The van der Waals surface area contributed by atoms with E-state index in [0.717, 1.165) is 25.7 Å². The maximum atomic E-state index is 12.8. The highest BCUT2D eigenvalue weighted by atomic mass is 35.5. The number of nitrogens with zero attached hydrogens (tertiary/aromatic N) is 3. The quantitative estimate of drug-likeness (QED) is 0.756. The first-order valence-electron chi connectivity index (χ1n) is 8.90. The summed E-state index contributed by atoms with van der Waals surface area (Å²) >= 11 is 12.1. The Morgan fingerprint density at radius 2 is 1.42 bits per heavy atom. The van der Waals surface area contributed by atoms with Crippen LogP contribution in [0.4, 0.5) is 0 Å². The lowest BCUT2D eigenvalue weighted by Gasteiger charge is -2.36. The molecule has 2 aliphatic rings. The van der Waals surface area contributed by atoms with Crippen molar-refractivity contribution in [3.8, 4) is 0 Å². The summed E-state index contributed by atoms with van der Waals surface area (Å²) in [6.45, 7) is 2.44. The molecule has 144 valence electrons. The number of benzene rings is 1. The van der Waals surface area contributed by atoms with Crippen molar-refractivity contribution in [2.24, 2.45) is 0 Å². The van der Waals surface area contributed by atoms with Crippen LogP contribution in [0, 0.1) is 0 Å². The van der Waals surface area contributed by atoms with Gasteiger partial charge in [0.1, 0.15) is 0 Å². The van der Waals surface area contributed by atoms with Gasteiger partial charge in [-0.15, -0.1) is 0 Å². The Morgan fingerprint density at radius 1 is 0.846 bits per heavy atom. The minimum Gasteiger partial charge on any atom is -0.336 e. The molecule has 26 heavy (non-hydrogen) atoms. The van der Waals surface area contributed by atoms with Crippen molar-refractivity contribution >= 4 is 39.3 Å². The fraction of sp³-hybridized carbons (Fsp3) is 0.588. The molecule has 0 radical (unpaired) electrons. The van der Waals surface area contributed by atoms with Gasteiger partial charge in [-0.2, -0.15) is 17.0 Å². The molecule has 0 spiro atoms. The van der Waals surface area contributed by atoms with E-state index >= 15 is 0 Å². The molecule has 0 atom stereocenters. The van der Waals surface area contributed by atoms with Crippen LogP contribution in [0.1, 0.15) is 36.0 Å². The van der Waals surface area contributed by atoms with Gasteiger partial charge in [0.15, 0.2) is 0 Å². The summed E-state index contributed by atoms with van der Waals surface area (Å²) in [5.41, 5.74) is 0.350. The second-order valence-corrected chi connectivity index (χ2v) is 9.33. The summed E-state index contributed by atoms with van der Waals surface area (Å²) in [4.78, 5) is 14.3. The van der Waals surface area contributed by atoms with Crippen LogP contribution in [-0.2, 0) is 10.2 Å². The molecule has 1 aromatic rings. The second kappa shape index (κ2) is 8.44. The van der Waals surface area contributed by atoms with E-state index in [4.69, 9.17) is 23.2 Å². The first-order valence-corrected chi connectivity index (χ1v) is 11.0. The van der Waals surface area contributed by atoms with Crippen LogP contribution in [0.2, 0.25) is 10.0 Å². The van der Waals surface area contributed by atoms with Gasteiger partial charge in [0.25, 0.3) is 16.1 Å². The minimum atomic E-state index is -3.46. The number of carbonyl (C=O) groups is 1. The van der Waals surface area contributed by atoms with E-state index in [9.17, 15) is 13.2 Å². The van der Waals surface area contributed by atoms with Crippen LogP contribution in [-0.4, -0.2) is 67.1 Å². The highest BCUT2D eigenvalue weighted by Gasteiger charge is 2.34. The lowest BCUT2D eigenvalue weighted by atomic mass is 10.2. The largest absolute Gasteiger partial charge is 0.336 e. The molecule has 0 aliphatic carbocycles. The molecule has 9 heteroatoms. The van der Waals surface area contributed by atoms with Crippen molar-refractivity contribution in [1.29, 1.82) is 0 Å². The highest BCUT2D eigenvalue weighted by molar-refractivity contribution is 7.86. The third kappa shape index (κ3) is 4.17. The fourth-order valence-corrected chi connectivity index (χ4v) is 5.45. The number of halogens is 2. The summed E-state index contributed by atoms with van der Waals surface area (Å²) in [5.74, 6) is -0.218. The molecule has 1 amide bonds. The number of hydrogen-bond donors (Lipinski definition) is 0. The van der Waals surface area contributed by atoms with Gasteiger partial charge in [0.05, 0.1) is 15.6 Å². The van der Waals surface area contributed by atoms with E-state index in [1.807, 2.05) is 0 Å². The molecule has 0 bridgehead atoms. The summed E-state index contributed by atoms with van der Waals surface area (Å²) in [7, 11) is -3.46. The molecule has 6 nitrogen and oxygen atoms in total. The van der Waals surface area contributed by atoms with E-state index in [-0.39, 0.29) is 10.9 Å². The Hall–Kier alpha value is -0.860. The monoisotopic (exact) mass is 419 g/mol. The molecule has 0 N–H and O–H groups in total. The standard InChI is InChI=1S/C17H23Cl2N3O3S/c18-15-7-5-6-14(16(15)19)17(23)20-10-12-22(13-11-20)26(24,25)21-8-3-1-2-4-9-21/h5-7H,1-4,8-13H2. The van der Waals surface area contributed by atoms with E-state index in [1.165, 1.54) is 4.31 Å². The third-order valence-corrected chi connectivity index (χ3v) is 7.78. The maximum absolute atomic E-state index is 12.8. The van der Waals surface area contributed by atoms with Crippen molar-refractivity contribution in [3.05, 3.63) is 33.8 Å². The molecule has 3 rings (SSSR count). The van der Waals surface area contributed by atoms with E-state index in [1.54, 1.807) is 27.4 Å². The summed E-state index contributed by atoms with van der Waals surface area (Å²) in [6.07, 6.45) is 3.97. The Morgan fingerprint density at radius 3 is 2.04 bits per heavy atom. The molecule has 0 saturated carbocycles. The lowest BCUT2D eigenvalue weighted by molar-refractivity contribution is 0.0694. The highest BCUT2D eigenvalue weighted by Crippen LogP contribution is 2.27. The second-order valence-electron chi connectivity index (χ2n) is 6.61. The number of amides is 1. The summed E-state index contributed by atoms with van der Waals surface area (Å²) in [5, 5.41) is 0.568.